The number of amides is 1. The van der Waals surface area contributed by atoms with Crippen LogP contribution in [-0.2, 0) is 16.1 Å². The van der Waals surface area contributed by atoms with Crippen molar-refractivity contribution in [3.05, 3.63) is 29.8 Å². The zero-order valence-corrected chi connectivity index (χ0v) is 14.3. The molecule has 3 atom stereocenters. The lowest BCUT2D eigenvalue weighted by molar-refractivity contribution is -0.128. The molecule has 0 aliphatic carbocycles. The first kappa shape index (κ1) is 15.9. The summed E-state index contributed by atoms with van der Waals surface area (Å²) < 4.78 is 11.3. The Morgan fingerprint density at radius 1 is 1.25 bits per heavy atom. The third kappa shape index (κ3) is 3.15. The summed E-state index contributed by atoms with van der Waals surface area (Å²) in [6.45, 7) is 5.66. The lowest BCUT2D eigenvalue weighted by atomic mass is 9.93. The van der Waals surface area contributed by atoms with Crippen LogP contribution in [0.3, 0.4) is 0 Å². The Bertz CT molecular complexity index is 589. The van der Waals surface area contributed by atoms with E-state index in [-0.39, 0.29) is 0 Å². The molecule has 5 nitrogen and oxygen atoms in total. The highest BCUT2D eigenvalue weighted by molar-refractivity contribution is 5.78. The van der Waals surface area contributed by atoms with Gasteiger partial charge >= 0.3 is 0 Å². The summed E-state index contributed by atoms with van der Waals surface area (Å²) >= 11 is 0. The molecule has 3 aliphatic heterocycles. The van der Waals surface area contributed by atoms with E-state index in [4.69, 9.17) is 9.47 Å². The fourth-order valence-corrected chi connectivity index (χ4v) is 4.37. The Kier molecular flexibility index (Phi) is 4.46. The molecule has 0 bridgehead atoms. The van der Waals surface area contributed by atoms with E-state index in [0.29, 0.717) is 23.8 Å². The van der Waals surface area contributed by atoms with Crippen molar-refractivity contribution in [1.29, 1.82) is 0 Å². The Morgan fingerprint density at radius 2 is 2.08 bits per heavy atom. The molecule has 3 saturated heterocycles. The largest absolute Gasteiger partial charge is 0.497 e. The van der Waals surface area contributed by atoms with Crippen LogP contribution in [0.15, 0.2) is 24.3 Å². The summed E-state index contributed by atoms with van der Waals surface area (Å²) in [6, 6.07) is 8.30. The van der Waals surface area contributed by atoms with Gasteiger partial charge in [0.1, 0.15) is 5.75 Å². The van der Waals surface area contributed by atoms with Gasteiger partial charge in [-0.05, 0) is 24.1 Å². The summed E-state index contributed by atoms with van der Waals surface area (Å²) in [5, 5.41) is 0. The van der Waals surface area contributed by atoms with Crippen LogP contribution in [0.25, 0.3) is 0 Å². The minimum atomic E-state index is 0.325. The molecule has 3 fully saturated rings. The number of hydrogen-bond acceptors (Lipinski definition) is 4. The van der Waals surface area contributed by atoms with E-state index in [9.17, 15) is 4.79 Å². The molecule has 3 heterocycles. The van der Waals surface area contributed by atoms with Gasteiger partial charge in [-0.15, -0.1) is 0 Å². The lowest BCUT2D eigenvalue weighted by Gasteiger charge is -2.24. The van der Waals surface area contributed by atoms with Crippen molar-refractivity contribution in [3.8, 4) is 5.75 Å². The van der Waals surface area contributed by atoms with Crippen molar-refractivity contribution in [2.24, 2.45) is 11.8 Å². The zero-order chi connectivity index (χ0) is 16.5. The van der Waals surface area contributed by atoms with Crippen LogP contribution in [-0.4, -0.2) is 61.7 Å². The predicted molar refractivity (Wildman–Crippen MR) is 90.8 cm³/mol. The molecular formula is C19H26N2O3. The molecule has 0 saturated carbocycles. The summed E-state index contributed by atoms with van der Waals surface area (Å²) in [7, 11) is 1.69. The van der Waals surface area contributed by atoms with Gasteiger partial charge in [-0.25, -0.2) is 0 Å². The maximum Gasteiger partial charge on any atom is 0.222 e. The molecule has 0 spiro atoms. The summed E-state index contributed by atoms with van der Waals surface area (Å²) in [5.41, 5.74) is 1.31. The van der Waals surface area contributed by atoms with Gasteiger partial charge in [0.2, 0.25) is 5.91 Å². The van der Waals surface area contributed by atoms with Crippen molar-refractivity contribution in [2.75, 3.05) is 39.9 Å². The molecule has 1 aromatic carbocycles. The Morgan fingerprint density at radius 3 is 2.79 bits per heavy atom. The number of methoxy groups -OCH3 is 1. The molecule has 0 radical (unpaired) electrons. The minimum Gasteiger partial charge on any atom is -0.497 e. The van der Waals surface area contributed by atoms with E-state index in [1.807, 2.05) is 17.0 Å². The van der Waals surface area contributed by atoms with Gasteiger partial charge in [-0.1, -0.05) is 12.1 Å². The highest BCUT2D eigenvalue weighted by atomic mass is 16.5. The molecule has 0 unspecified atom stereocenters. The normalized spacial score (nSPS) is 30.1. The SMILES string of the molecule is COc1ccc(CN2C[C@@H]3[C@@H](CN4CCCC4=O)CO[C@@H]3C2)cc1. The van der Waals surface area contributed by atoms with Crippen LogP contribution in [0.2, 0.25) is 0 Å². The van der Waals surface area contributed by atoms with Crippen molar-refractivity contribution >= 4 is 5.91 Å². The Labute approximate surface area is 143 Å². The van der Waals surface area contributed by atoms with Gasteiger partial charge in [0.15, 0.2) is 0 Å². The second kappa shape index (κ2) is 6.73. The third-order valence-electron chi connectivity index (χ3n) is 5.71. The number of hydrogen-bond donors (Lipinski definition) is 0. The van der Waals surface area contributed by atoms with Crippen LogP contribution < -0.4 is 4.74 Å². The first-order valence-corrected chi connectivity index (χ1v) is 8.97. The molecule has 5 heteroatoms. The van der Waals surface area contributed by atoms with E-state index in [1.165, 1.54) is 5.56 Å². The van der Waals surface area contributed by atoms with E-state index in [1.54, 1.807) is 7.11 Å². The number of nitrogens with zero attached hydrogens (tertiary/aromatic N) is 2. The molecule has 0 aromatic heterocycles. The van der Waals surface area contributed by atoms with Gasteiger partial charge in [0.25, 0.3) is 0 Å². The van der Waals surface area contributed by atoms with Crippen LogP contribution in [0.4, 0.5) is 0 Å². The standard InChI is InChI=1S/C19H26N2O3/c1-23-16-6-4-14(5-7-16)9-20-11-17-15(13-24-18(17)12-20)10-21-8-2-3-19(21)22/h4-7,15,17-18H,2-3,8-13H2,1H3/t15-,17+,18+/m0/s1. The average molecular weight is 330 g/mol. The fourth-order valence-electron chi connectivity index (χ4n) is 4.37. The summed E-state index contributed by atoms with van der Waals surface area (Å²) in [5.74, 6) is 2.29. The number of rotatable bonds is 5. The molecule has 0 N–H and O–H groups in total. The van der Waals surface area contributed by atoms with E-state index < -0.39 is 0 Å². The first-order chi connectivity index (χ1) is 11.7. The van der Waals surface area contributed by atoms with Crippen molar-refractivity contribution in [2.45, 2.75) is 25.5 Å². The van der Waals surface area contributed by atoms with Crippen LogP contribution >= 0.6 is 0 Å². The molecule has 24 heavy (non-hydrogen) atoms. The number of fused-ring (bicyclic) bond motifs is 1. The van der Waals surface area contributed by atoms with E-state index in [2.05, 4.69) is 17.0 Å². The smallest absolute Gasteiger partial charge is 0.222 e. The van der Waals surface area contributed by atoms with Gasteiger partial charge in [-0.3, -0.25) is 9.69 Å². The van der Waals surface area contributed by atoms with Gasteiger partial charge in [-0.2, -0.15) is 0 Å². The molecule has 1 aromatic rings. The van der Waals surface area contributed by atoms with Gasteiger partial charge in [0.05, 0.1) is 19.8 Å². The Hall–Kier alpha value is -1.59. The highest BCUT2D eigenvalue weighted by Crippen LogP contribution is 2.35. The second-order valence-corrected chi connectivity index (χ2v) is 7.28. The number of carbonyl (C=O) groups excluding carboxylic acids is 1. The summed E-state index contributed by atoms with van der Waals surface area (Å²) in [6.07, 6.45) is 2.08. The maximum atomic E-state index is 11.9. The first-order valence-electron chi connectivity index (χ1n) is 8.97. The molecule has 130 valence electrons. The van der Waals surface area contributed by atoms with Gasteiger partial charge in [0, 0.05) is 51.0 Å². The predicted octanol–water partition coefficient (Wildman–Crippen LogP) is 1.76. The number of likely N-dealkylation sites (tertiary alicyclic amines) is 2. The minimum absolute atomic E-state index is 0.325. The molecule has 3 aliphatic rings. The van der Waals surface area contributed by atoms with Crippen molar-refractivity contribution in [1.82, 2.24) is 9.80 Å². The van der Waals surface area contributed by atoms with Crippen LogP contribution in [0.5, 0.6) is 5.75 Å². The number of benzene rings is 1. The van der Waals surface area contributed by atoms with Gasteiger partial charge < -0.3 is 14.4 Å². The Balaban J connectivity index is 1.34. The van der Waals surface area contributed by atoms with Crippen LogP contribution in [0.1, 0.15) is 18.4 Å². The van der Waals surface area contributed by atoms with Crippen molar-refractivity contribution < 1.29 is 14.3 Å². The molecular weight excluding hydrogens is 304 g/mol. The van der Waals surface area contributed by atoms with E-state index >= 15 is 0 Å². The topological polar surface area (TPSA) is 42.0 Å². The zero-order valence-electron chi connectivity index (χ0n) is 14.3. The van der Waals surface area contributed by atoms with Crippen LogP contribution in [0, 0.1) is 11.8 Å². The van der Waals surface area contributed by atoms with E-state index in [0.717, 1.165) is 57.9 Å². The average Bonchev–Trinajstić information content (AvgIpc) is 3.27. The molecule has 1 amide bonds. The van der Waals surface area contributed by atoms with Crippen molar-refractivity contribution in [3.63, 3.8) is 0 Å². The second-order valence-electron chi connectivity index (χ2n) is 7.28. The molecule has 4 rings (SSSR count). The maximum absolute atomic E-state index is 11.9. The number of carbonyl (C=O) groups is 1. The number of ether oxygens (including phenoxy) is 2. The monoisotopic (exact) mass is 330 g/mol. The summed E-state index contributed by atoms with van der Waals surface area (Å²) in [4.78, 5) is 16.4. The lowest BCUT2D eigenvalue weighted by Crippen LogP contribution is -2.35. The quantitative estimate of drug-likeness (QED) is 0.825. The highest BCUT2D eigenvalue weighted by Gasteiger charge is 2.44. The fraction of sp³-hybridized carbons (Fsp3) is 0.632. The third-order valence-corrected chi connectivity index (χ3v) is 5.71.